The number of unbranched alkanes of at least 4 members (excludes halogenated alkanes) is 8. The molecule has 0 spiro atoms. The fourth-order valence-corrected chi connectivity index (χ4v) is 1.85. The number of hydrogen-bond acceptors (Lipinski definition) is 4. The van der Waals surface area contributed by atoms with Crippen molar-refractivity contribution in [3.63, 3.8) is 0 Å². The number of rotatable bonds is 13. The first-order valence-electron chi connectivity index (χ1n) is 7.71. The van der Waals surface area contributed by atoms with Gasteiger partial charge in [-0.1, -0.05) is 51.9 Å². The Morgan fingerprint density at radius 1 is 0.952 bits per heavy atom. The van der Waals surface area contributed by atoms with Gasteiger partial charge in [-0.3, -0.25) is 4.79 Å². The number of esters is 1. The quantitative estimate of drug-likeness (QED) is 0.210. The smallest absolute Gasteiger partial charge is 0.550 e. The van der Waals surface area contributed by atoms with Crippen molar-refractivity contribution in [2.24, 2.45) is 0 Å². The molecular formula is C16H27NaO4. The average Bonchev–Trinajstić information content (AvgIpc) is 2.42. The first kappa shape index (κ1) is 23.0. The molecular weight excluding hydrogens is 279 g/mol. The van der Waals surface area contributed by atoms with Crippen LogP contribution in [0, 0.1) is 0 Å². The molecule has 0 heterocycles. The van der Waals surface area contributed by atoms with Gasteiger partial charge in [-0.25, -0.2) is 0 Å². The molecule has 0 saturated heterocycles. The number of allylic oxidation sites excluding steroid dienone is 1. The molecule has 0 unspecified atom stereocenters. The van der Waals surface area contributed by atoms with Crippen LogP contribution in [0.4, 0.5) is 0 Å². The zero-order valence-electron chi connectivity index (χ0n) is 13.6. The van der Waals surface area contributed by atoms with E-state index >= 15 is 0 Å². The standard InChI is InChI=1S/C16H28O4.Na/c1-2-3-4-5-6-7-8-9-10-11-14-20-16(19)13-12-15(17)18;/h11,14H,2-10,12-13H2,1H3,(H,17,18);/q;+1/p-1. The van der Waals surface area contributed by atoms with Gasteiger partial charge in [-0.15, -0.1) is 0 Å². The predicted octanol–water partition coefficient (Wildman–Crippen LogP) is 0.108. The van der Waals surface area contributed by atoms with Crippen molar-refractivity contribution in [2.75, 3.05) is 0 Å². The SMILES string of the molecule is CCCCCCCCCCC=COC(=O)CCC(=O)[O-].[Na+]. The second-order valence-corrected chi connectivity index (χ2v) is 5.00. The Labute approximate surface area is 150 Å². The van der Waals surface area contributed by atoms with Crippen molar-refractivity contribution in [3.05, 3.63) is 12.3 Å². The molecule has 116 valence electrons. The molecule has 0 rings (SSSR count). The van der Waals surface area contributed by atoms with E-state index in [2.05, 4.69) is 6.92 Å². The van der Waals surface area contributed by atoms with Crippen LogP contribution in [0.15, 0.2) is 12.3 Å². The van der Waals surface area contributed by atoms with Crippen LogP contribution in [0.5, 0.6) is 0 Å². The molecule has 0 aromatic carbocycles. The third kappa shape index (κ3) is 19.7. The van der Waals surface area contributed by atoms with Gasteiger partial charge in [0.05, 0.1) is 12.7 Å². The summed E-state index contributed by atoms with van der Waals surface area (Å²) in [6.07, 6.45) is 13.8. The fourth-order valence-electron chi connectivity index (χ4n) is 1.85. The summed E-state index contributed by atoms with van der Waals surface area (Å²) in [5, 5.41) is 10.1. The number of carboxylic acid groups (broad SMARTS) is 1. The van der Waals surface area contributed by atoms with Crippen LogP contribution in [-0.2, 0) is 14.3 Å². The Hall–Kier alpha value is -0.320. The van der Waals surface area contributed by atoms with Gasteiger partial charge in [0.1, 0.15) is 0 Å². The summed E-state index contributed by atoms with van der Waals surface area (Å²) >= 11 is 0. The van der Waals surface area contributed by atoms with Gasteiger partial charge >= 0.3 is 35.5 Å². The summed E-state index contributed by atoms with van der Waals surface area (Å²) in [4.78, 5) is 21.2. The monoisotopic (exact) mass is 306 g/mol. The van der Waals surface area contributed by atoms with Crippen LogP contribution >= 0.6 is 0 Å². The van der Waals surface area contributed by atoms with E-state index < -0.39 is 11.9 Å². The maximum Gasteiger partial charge on any atom is 1.00 e. The largest absolute Gasteiger partial charge is 1.00 e. The minimum absolute atomic E-state index is 0. The van der Waals surface area contributed by atoms with Gasteiger partial charge in [0.2, 0.25) is 0 Å². The van der Waals surface area contributed by atoms with E-state index in [0.717, 1.165) is 12.8 Å². The van der Waals surface area contributed by atoms with E-state index in [-0.39, 0.29) is 42.4 Å². The number of carbonyl (C=O) groups excluding carboxylic acids is 2. The summed E-state index contributed by atoms with van der Waals surface area (Å²) in [5.41, 5.74) is 0. The van der Waals surface area contributed by atoms with Crippen LogP contribution in [0.3, 0.4) is 0 Å². The molecule has 5 heteroatoms. The maximum absolute atomic E-state index is 11.0. The van der Waals surface area contributed by atoms with Crippen LogP contribution in [0.2, 0.25) is 0 Å². The van der Waals surface area contributed by atoms with E-state index in [9.17, 15) is 14.7 Å². The van der Waals surface area contributed by atoms with E-state index in [0.29, 0.717) is 0 Å². The van der Waals surface area contributed by atoms with E-state index in [1.165, 1.54) is 51.2 Å². The molecule has 0 aromatic heterocycles. The first-order valence-corrected chi connectivity index (χ1v) is 7.71. The van der Waals surface area contributed by atoms with Gasteiger partial charge in [0.25, 0.3) is 0 Å². The van der Waals surface area contributed by atoms with Crippen molar-refractivity contribution >= 4 is 11.9 Å². The van der Waals surface area contributed by atoms with Crippen LogP contribution in [0.25, 0.3) is 0 Å². The third-order valence-electron chi connectivity index (χ3n) is 3.05. The molecule has 0 aliphatic heterocycles. The Morgan fingerprint density at radius 2 is 1.52 bits per heavy atom. The van der Waals surface area contributed by atoms with Crippen molar-refractivity contribution in [1.82, 2.24) is 0 Å². The second kappa shape index (κ2) is 17.7. The first-order chi connectivity index (χ1) is 9.66. The van der Waals surface area contributed by atoms with Crippen molar-refractivity contribution in [1.29, 1.82) is 0 Å². The average molecular weight is 306 g/mol. The number of aliphatic carboxylic acids is 1. The van der Waals surface area contributed by atoms with E-state index in [1.807, 2.05) is 6.08 Å². The minimum Gasteiger partial charge on any atom is -0.550 e. The molecule has 0 aliphatic rings. The maximum atomic E-state index is 11.0. The predicted molar refractivity (Wildman–Crippen MR) is 76.7 cm³/mol. The summed E-state index contributed by atoms with van der Waals surface area (Å²) in [5.74, 6) is -1.76. The van der Waals surface area contributed by atoms with Gasteiger partial charge < -0.3 is 14.6 Å². The van der Waals surface area contributed by atoms with Crippen LogP contribution in [0.1, 0.15) is 77.6 Å². The number of carboxylic acids is 1. The Bertz CT molecular complexity index is 290. The number of hydrogen-bond donors (Lipinski definition) is 0. The third-order valence-corrected chi connectivity index (χ3v) is 3.05. The molecule has 0 amide bonds. The number of ether oxygens (including phenoxy) is 1. The molecule has 0 bridgehead atoms. The van der Waals surface area contributed by atoms with E-state index in [4.69, 9.17) is 4.74 Å². The molecule has 0 saturated carbocycles. The molecule has 0 N–H and O–H groups in total. The topological polar surface area (TPSA) is 66.4 Å². The van der Waals surface area contributed by atoms with Gasteiger partial charge in [-0.2, -0.15) is 0 Å². The second-order valence-electron chi connectivity index (χ2n) is 5.00. The zero-order valence-corrected chi connectivity index (χ0v) is 15.6. The van der Waals surface area contributed by atoms with Crippen LogP contribution < -0.4 is 34.7 Å². The van der Waals surface area contributed by atoms with E-state index in [1.54, 1.807) is 0 Å². The van der Waals surface area contributed by atoms with Crippen molar-refractivity contribution in [3.8, 4) is 0 Å². The summed E-state index contributed by atoms with van der Waals surface area (Å²) < 4.78 is 4.75. The normalized spacial score (nSPS) is 10.3. The summed E-state index contributed by atoms with van der Waals surface area (Å²) in [7, 11) is 0. The molecule has 0 fully saturated rings. The summed E-state index contributed by atoms with van der Waals surface area (Å²) in [6, 6.07) is 0. The molecule has 0 atom stereocenters. The zero-order chi connectivity index (χ0) is 15.1. The molecule has 0 aliphatic carbocycles. The Morgan fingerprint density at radius 3 is 2.10 bits per heavy atom. The van der Waals surface area contributed by atoms with Crippen molar-refractivity contribution < 1.29 is 49.0 Å². The Kier molecular flexibility index (Phi) is 19.4. The van der Waals surface area contributed by atoms with Gasteiger partial charge in [0.15, 0.2) is 0 Å². The Balaban J connectivity index is 0. The fraction of sp³-hybridized carbons (Fsp3) is 0.750. The van der Waals surface area contributed by atoms with Crippen LogP contribution in [-0.4, -0.2) is 11.9 Å². The van der Waals surface area contributed by atoms with Crippen molar-refractivity contribution in [2.45, 2.75) is 77.6 Å². The van der Waals surface area contributed by atoms with Gasteiger partial charge in [0, 0.05) is 5.97 Å². The molecule has 21 heavy (non-hydrogen) atoms. The molecule has 4 nitrogen and oxygen atoms in total. The van der Waals surface area contributed by atoms with Gasteiger partial charge in [-0.05, 0) is 25.3 Å². The molecule has 0 aromatic rings. The number of carbonyl (C=O) groups is 2. The molecule has 0 radical (unpaired) electrons. The summed E-state index contributed by atoms with van der Waals surface area (Å²) in [6.45, 7) is 2.22. The minimum atomic E-state index is -1.23.